The molecule has 0 aromatic heterocycles. The molecule has 1 N–H and O–H groups in total. The van der Waals surface area contributed by atoms with Gasteiger partial charge < -0.3 is 24.4 Å². The van der Waals surface area contributed by atoms with Crippen molar-refractivity contribution in [1.29, 1.82) is 0 Å². The summed E-state index contributed by atoms with van der Waals surface area (Å²) in [5.41, 5.74) is -0.943. The molecule has 0 aliphatic carbocycles. The van der Waals surface area contributed by atoms with Gasteiger partial charge >= 0.3 is 11.9 Å². The standard InChI is InChI=1S/C18H25NO6/c1-10-11(2)16(20)25-14-6-8-19(23)7-5-13(15(14)19)9-24-17(21)18(4,22)12(10)3/h5,10,12,14-15,22H,2,6-9H2,1,3-4H3/t10-,12+,14?,15+,18+,19?/m0/s1. The lowest BCUT2D eigenvalue weighted by molar-refractivity contribution is -0.877. The zero-order valence-electron chi connectivity index (χ0n) is 14.9. The highest BCUT2D eigenvalue weighted by Gasteiger charge is 2.51. The molecule has 0 bridgehead atoms. The number of aliphatic hydroxyl groups is 1. The Hall–Kier alpha value is -1.70. The first-order valence-corrected chi connectivity index (χ1v) is 8.64. The molecule has 0 amide bonds. The van der Waals surface area contributed by atoms with Crippen molar-refractivity contribution >= 4 is 11.9 Å². The Kier molecular flexibility index (Phi) is 4.29. The van der Waals surface area contributed by atoms with E-state index in [2.05, 4.69) is 6.58 Å². The van der Waals surface area contributed by atoms with Gasteiger partial charge in [0, 0.05) is 23.5 Å². The topological polar surface area (TPSA) is 95.9 Å². The van der Waals surface area contributed by atoms with Crippen molar-refractivity contribution in [2.75, 3.05) is 19.7 Å². The van der Waals surface area contributed by atoms with E-state index in [1.54, 1.807) is 19.9 Å². The number of hydroxylamine groups is 3. The zero-order valence-corrected chi connectivity index (χ0v) is 14.9. The van der Waals surface area contributed by atoms with E-state index >= 15 is 0 Å². The lowest BCUT2D eigenvalue weighted by Crippen LogP contribution is -2.50. The van der Waals surface area contributed by atoms with E-state index in [1.807, 2.05) is 0 Å². The highest BCUT2D eigenvalue weighted by atomic mass is 16.6. The van der Waals surface area contributed by atoms with Gasteiger partial charge in [0.15, 0.2) is 17.7 Å². The van der Waals surface area contributed by atoms with Crippen LogP contribution in [0.15, 0.2) is 23.8 Å². The number of carbonyl (C=O) groups is 2. The van der Waals surface area contributed by atoms with E-state index in [9.17, 15) is 19.9 Å². The molecule has 25 heavy (non-hydrogen) atoms. The number of ether oxygens (including phenoxy) is 2. The summed E-state index contributed by atoms with van der Waals surface area (Å²) in [6, 6.07) is -0.554. The van der Waals surface area contributed by atoms with Crippen molar-refractivity contribution in [3.63, 3.8) is 0 Å². The van der Waals surface area contributed by atoms with Gasteiger partial charge in [0.2, 0.25) is 0 Å². The smallest absolute Gasteiger partial charge is 0.338 e. The molecule has 2 fully saturated rings. The predicted molar refractivity (Wildman–Crippen MR) is 88.8 cm³/mol. The van der Waals surface area contributed by atoms with Gasteiger partial charge in [-0.1, -0.05) is 20.4 Å². The zero-order chi connectivity index (χ0) is 18.6. The lowest BCUT2D eigenvalue weighted by atomic mass is 9.78. The van der Waals surface area contributed by atoms with Crippen LogP contribution in [-0.4, -0.2) is 59.1 Å². The summed E-state index contributed by atoms with van der Waals surface area (Å²) < 4.78 is 10.4. The molecule has 3 aliphatic rings. The van der Waals surface area contributed by atoms with Crippen molar-refractivity contribution in [3.8, 4) is 0 Å². The van der Waals surface area contributed by atoms with Crippen molar-refractivity contribution in [1.82, 2.24) is 0 Å². The fraction of sp³-hybridized carbons (Fsp3) is 0.667. The Labute approximate surface area is 147 Å². The summed E-state index contributed by atoms with van der Waals surface area (Å²) in [6.45, 7) is 9.11. The molecule has 3 rings (SSSR count). The third-order valence-corrected chi connectivity index (χ3v) is 6.18. The number of quaternary nitrogens is 1. The summed E-state index contributed by atoms with van der Waals surface area (Å²) in [4.78, 5) is 24.9. The minimum absolute atomic E-state index is 0.0714. The number of rotatable bonds is 0. The van der Waals surface area contributed by atoms with Gasteiger partial charge in [0.25, 0.3) is 0 Å². The van der Waals surface area contributed by atoms with Gasteiger partial charge in [0.05, 0.1) is 13.1 Å². The monoisotopic (exact) mass is 351 g/mol. The van der Waals surface area contributed by atoms with Crippen LogP contribution >= 0.6 is 0 Å². The molecular formula is C18H25NO6. The SMILES string of the molecule is C=C1C(=O)OC2CC[N+]3([O-])CC=C(COC(=O)[C@](C)(O)[C@H](C)[C@H]1C)[C@H]23. The van der Waals surface area contributed by atoms with Crippen molar-refractivity contribution in [2.45, 2.75) is 44.9 Å². The molecule has 6 atom stereocenters. The quantitative estimate of drug-likeness (QED) is 0.230. The Morgan fingerprint density at radius 3 is 2.76 bits per heavy atom. The Morgan fingerprint density at radius 2 is 2.08 bits per heavy atom. The van der Waals surface area contributed by atoms with Crippen molar-refractivity contribution in [2.24, 2.45) is 11.8 Å². The van der Waals surface area contributed by atoms with Crippen LogP contribution < -0.4 is 0 Å². The number of hydrogen-bond donors (Lipinski definition) is 1. The van der Waals surface area contributed by atoms with E-state index < -0.39 is 46.2 Å². The van der Waals surface area contributed by atoms with Gasteiger partial charge in [-0.05, 0) is 18.9 Å². The molecule has 0 aromatic carbocycles. The fourth-order valence-electron chi connectivity index (χ4n) is 4.02. The summed E-state index contributed by atoms with van der Waals surface area (Å²) >= 11 is 0. The largest absolute Gasteiger partial charge is 0.632 e. The second-order valence-electron chi connectivity index (χ2n) is 7.64. The summed E-state index contributed by atoms with van der Waals surface area (Å²) in [7, 11) is 0. The van der Waals surface area contributed by atoms with E-state index in [0.29, 0.717) is 18.5 Å². The first-order valence-electron chi connectivity index (χ1n) is 8.64. The molecule has 0 spiro atoms. The van der Waals surface area contributed by atoms with Crippen LogP contribution in [0.25, 0.3) is 0 Å². The van der Waals surface area contributed by atoms with Gasteiger partial charge in [-0.2, -0.15) is 0 Å². The molecule has 3 aliphatic heterocycles. The normalized spacial score (nSPS) is 45.0. The predicted octanol–water partition coefficient (Wildman–Crippen LogP) is 1.06. The summed E-state index contributed by atoms with van der Waals surface area (Å²) in [6.07, 6.45) is 1.68. The van der Waals surface area contributed by atoms with Crippen LogP contribution in [0, 0.1) is 17.0 Å². The van der Waals surface area contributed by atoms with E-state index in [1.165, 1.54) is 6.92 Å². The first-order chi connectivity index (χ1) is 11.6. The third kappa shape index (κ3) is 2.80. The van der Waals surface area contributed by atoms with Crippen LogP contribution in [0.3, 0.4) is 0 Å². The van der Waals surface area contributed by atoms with Crippen LogP contribution in [0.1, 0.15) is 27.2 Å². The van der Waals surface area contributed by atoms with Gasteiger partial charge in [-0.15, -0.1) is 0 Å². The van der Waals surface area contributed by atoms with E-state index in [0.717, 1.165) is 0 Å². The minimum atomic E-state index is -1.78. The molecule has 138 valence electrons. The number of cyclic esters (lactones) is 1. The molecule has 0 radical (unpaired) electrons. The second kappa shape index (κ2) is 5.93. The van der Waals surface area contributed by atoms with Gasteiger partial charge in [-0.25, -0.2) is 9.59 Å². The molecule has 0 saturated carbocycles. The third-order valence-electron chi connectivity index (χ3n) is 6.18. The number of carbonyl (C=O) groups excluding carboxylic acids is 2. The van der Waals surface area contributed by atoms with E-state index in [-0.39, 0.29) is 18.7 Å². The number of hydrogen-bond acceptors (Lipinski definition) is 6. The molecule has 2 unspecified atom stereocenters. The highest BCUT2D eigenvalue weighted by molar-refractivity contribution is 5.89. The summed E-state index contributed by atoms with van der Waals surface area (Å²) in [5.74, 6) is -2.42. The van der Waals surface area contributed by atoms with Crippen LogP contribution in [0.5, 0.6) is 0 Å². The van der Waals surface area contributed by atoms with Crippen LogP contribution in [-0.2, 0) is 19.1 Å². The Bertz CT molecular complexity index is 654. The molecule has 2 saturated heterocycles. The highest BCUT2D eigenvalue weighted by Crippen LogP contribution is 2.39. The van der Waals surface area contributed by atoms with E-state index in [4.69, 9.17) is 9.47 Å². The van der Waals surface area contributed by atoms with Crippen LogP contribution in [0.4, 0.5) is 0 Å². The molecule has 0 aromatic rings. The minimum Gasteiger partial charge on any atom is -0.632 e. The van der Waals surface area contributed by atoms with Gasteiger partial charge in [-0.3, -0.25) is 0 Å². The van der Waals surface area contributed by atoms with Gasteiger partial charge in [0.1, 0.15) is 6.61 Å². The molecular weight excluding hydrogens is 326 g/mol. The van der Waals surface area contributed by atoms with Crippen molar-refractivity contribution in [3.05, 3.63) is 29.0 Å². The van der Waals surface area contributed by atoms with Crippen molar-refractivity contribution < 1.29 is 28.8 Å². The molecule has 7 heteroatoms. The fourth-order valence-corrected chi connectivity index (χ4v) is 4.02. The first kappa shape index (κ1) is 18.1. The van der Waals surface area contributed by atoms with Crippen LogP contribution in [0.2, 0.25) is 0 Å². The number of esters is 2. The second-order valence-corrected chi connectivity index (χ2v) is 7.64. The Balaban J connectivity index is 1.95. The molecule has 7 nitrogen and oxygen atoms in total. The average Bonchev–Trinajstić information content (AvgIpc) is 3.05. The summed E-state index contributed by atoms with van der Waals surface area (Å²) in [5, 5.41) is 23.5. The maximum absolute atomic E-state index is 12.9. The maximum Gasteiger partial charge on any atom is 0.338 e. The Morgan fingerprint density at radius 1 is 1.40 bits per heavy atom. The lowest BCUT2D eigenvalue weighted by Gasteiger charge is -2.41. The molecule has 3 heterocycles. The maximum atomic E-state index is 12.9. The number of nitrogens with zero attached hydrogens (tertiary/aromatic N) is 1. The average molecular weight is 351 g/mol.